The van der Waals surface area contributed by atoms with Crippen LogP contribution >= 0.6 is 15.9 Å². The maximum absolute atomic E-state index is 13.7. The van der Waals surface area contributed by atoms with E-state index in [0.717, 1.165) is 12.8 Å². The Hall–Kier alpha value is -0.480. The fraction of sp³-hybridized carbons (Fsp3) is 0.455. The van der Waals surface area contributed by atoms with Gasteiger partial charge in [0.25, 0.3) is 0 Å². The monoisotopic (exact) mass is 275 g/mol. The number of halogens is 3. The molecule has 2 unspecified atom stereocenters. The van der Waals surface area contributed by atoms with E-state index in [4.69, 9.17) is 5.73 Å². The first-order valence-electron chi connectivity index (χ1n) is 4.98. The molecular formula is C11H12BrF2N. The van der Waals surface area contributed by atoms with E-state index in [1.807, 2.05) is 0 Å². The molecule has 0 heterocycles. The largest absolute Gasteiger partial charge is 0.330 e. The van der Waals surface area contributed by atoms with E-state index in [9.17, 15) is 8.78 Å². The highest BCUT2D eigenvalue weighted by atomic mass is 79.9. The second kappa shape index (κ2) is 4.18. The summed E-state index contributed by atoms with van der Waals surface area (Å²) in [5, 5.41) is 0. The van der Waals surface area contributed by atoms with Crippen molar-refractivity contribution in [3.8, 4) is 0 Å². The van der Waals surface area contributed by atoms with Gasteiger partial charge in [-0.2, -0.15) is 0 Å². The minimum absolute atomic E-state index is 0.0486. The van der Waals surface area contributed by atoms with Gasteiger partial charge in [-0.25, -0.2) is 8.78 Å². The van der Waals surface area contributed by atoms with E-state index in [0.29, 0.717) is 11.0 Å². The Kier molecular flexibility index (Phi) is 3.07. The molecule has 0 spiro atoms. The molecule has 0 bridgehead atoms. The zero-order valence-electron chi connectivity index (χ0n) is 8.14. The maximum Gasteiger partial charge on any atom is 0.143 e. The van der Waals surface area contributed by atoms with Gasteiger partial charge in [-0.15, -0.1) is 0 Å². The first kappa shape index (κ1) is 11.0. The molecule has 1 aliphatic carbocycles. The molecule has 4 heteroatoms. The van der Waals surface area contributed by atoms with Crippen LogP contribution in [0.3, 0.4) is 0 Å². The molecule has 0 aromatic heterocycles. The molecule has 1 aromatic rings. The number of benzene rings is 1. The van der Waals surface area contributed by atoms with Crippen molar-refractivity contribution < 1.29 is 8.78 Å². The highest BCUT2D eigenvalue weighted by molar-refractivity contribution is 9.10. The second-order valence-electron chi connectivity index (χ2n) is 3.94. The van der Waals surface area contributed by atoms with Crippen LogP contribution < -0.4 is 5.73 Å². The molecule has 1 aliphatic rings. The molecule has 2 N–H and O–H groups in total. The molecule has 0 saturated heterocycles. The zero-order valence-corrected chi connectivity index (χ0v) is 9.73. The lowest BCUT2D eigenvalue weighted by Gasteiger charge is -2.36. The van der Waals surface area contributed by atoms with Gasteiger partial charge in [0.2, 0.25) is 0 Å². The average molecular weight is 276 g/mol. The van der Waals surface area contributed by atoms with Gasteiger partial charge in [0.05, 0.1) is 4.47 Å². The smallest absolute Gasteiger partial charge is 0.143 e. The van der Waals surface area contributed by atoms with Gasteiger partial charge in [-0.05, 0) is 59.3 Å². The lowest BCUT2D eigenvalue weighted by atomic mass is 9.70. The van der Waals surface area contributed by atoms with Crippen LogP contribution in [0.2, 0.25) is 0 Å². The molecule has 0 radical (unpaired) electrons. The average Bonchev–Trinajstić information content (AvgIpc) is 2.17. The van der Waals surface area contributed by atoms with Crippen LogP contribution in [0, 0.1) is 17.6 Å². The lowest BCUT2D eigenvalue weighted by Crippen LogP contribution is -2.31. The second-order valence-corrected chi connectivity index (χ2v) is 4.79. The van der Waals surface area contributed by atoms with E-state index in [2.05, 4.69) is 15.9 Å². The third kappa shape index (κ3) is 1.81. The Labute approximate surface area is 95.8 Å². The molecule has 1 saturated carbocycles. The van der Waals surface area contributed by atoms with Gasteiger partial charge in [0.15, 0.2) is 0 Å². The lowest BCUT2D eigenvalue weighted by molar-refractivity contribution is 0.250. The summed E-state index contributed by atoms with van der Waals surface area (Å²) in [5.74, 6) is -0.757. The summed E-state index contributed by atoms with van der Waals surface area (Å²) in [7, 11) is 0. The Bertz CT molecular complexity index is 379. The van der Waals surface area contributed by atoms with Gasteiger partial charge >= 0.3 is 0 Å². The van der Waals surface area contributed by atoms with Crippen molar-refractivity contribution in [2.45, 2.75) is 18.8 Å². The zero-order chi connectivity index (χ0) is 11.0. The Morgan fingerprint density at radius 2 is 2.07 bits per heavy atom. The van der Waals surface area contributed by atoms with Gasteiger partial charge in [0.1, 0.15) is 11.6 Å². The third-order valence-electron chi connectivity index (χ3n) is 3.17. The Morgan fingerprint density at radius 3 is 2.60 bits per heavy atom. The predicted molar refractivity (Wildman–Crippen MR) is 58.6 cm³/mol. The van der Waals surface area contributed by atoms with E-state index < -0.39 is 11.6 Å². The van der Waals surface area contributed by atoms with Crippen LogP contribution in [0.1, 0.15) is 24.3 Å². The minimum atomic E-state index is -0.474. The molecule has 2 atom stereocenters. The summed E-state index contributed by atoms with van der Waals surface area (Å²) in [6, 6.07) is 2.69. The van der Waals surface area contributed by atoms with E-state index in [1.54, 1.807) is 0 Å². The standard InChI is InChI=1S/C11H12BrF2N/c12-8-3-4-9(13)10(11(8)14)7-2-1-6(7)5-15/h3-4,6-7H,1-2,5,15H2. The minimum Gasteiger partial charge on any atom is -0.330 e. The van der Waals surface area contributed by atoms with Crippen LogP contribution in [0.15, 0.2) is 16.6 Å². The molecule has 15 heavy (non-hydrogen) atoms. The summed E-state index contributed by atoms with van der Waals surface area (Å²) in [6.07, 6.45) is 1.79. The van der Waals surface area contributed by atoms with Crippen molar-refractivity contribution in [3.05, 3.63) is 33.8 Å². The van der Waals surface area contributed by atoms with Crippen LogP contribution in [0.25, 0.3) is 0 Å². The third-order valence-corrected chi connectivity index (χ3v) is 3.78. The van der Waals surface area contributed by atoms with Crippen molar-refractivity contribution in [2.75, 3.05) is 6.54 Å². The topological polar surface area (TPSA) is 26.0 Å². The van der Waals surface area contributed by atoms with Crippen LogP contribution in [-0.2, 0) is 0 Å². The Balaban J connectivity index is 2.39. The number of hydrogen-bond donors (Lipinski definition) is 1. The number of hydrogen-bond acceptors (Lipinski definition) is 1. The highest BCUT2D eigenvalue weighted by Gasteiger charge is 2.35. The summed E-state index contributed by atoms with van der Waals surface area (Å²) in [4.78, 5) is 0. The fourth-order valence-electron chi connectivity index (χ4n) is 2.11. The molecule has 0 aliphatic heterocycles. The summed E-state index contributed by atoms with van der Waals surface area (Å²) in [5.41, 5.74) is 5.74. The van der Waals surface area contributed by atoms with Crippen molar-refractivity contribution >= 4 is 15.9 Å². The van der Waals surface area contributed by atoms with Crippen molar-refractivity contribution in [2.24, 2.45) is 11.7 Å². The number of rotatable bonds is 2. The highest BCUT2D eigenvalue weighted by Crippen LogP contribution is 2.44. The quantitative estimate of drug-likeness (QED) is 0.825. The normalized spacial score (nSPS) is 25.1. The molecular weight excluding hydrogens is 264 g/mol. The van der Waals surface area contributed by atoms with Gasteiger partial charge < -0.3 is 5.73 Å². The van der Waals surface area contributed by atoms with Gasteiger partial charge in [-0.3, -0.25) is 0 Å². The van der Waals surface area contributed by atoms with Crippen molar-refractivity contribution in [3.63, 3.8) is 0 Å². The number of nitrogens with two attached hydrogens (primary N) is 1. The molecule has 1 nitrogen and oxygen atoms in total. The summed E-state index contributed by atoms with van der Waals surface area (Å²) < 4.78 is 27.5. The molecule has 0 amide bonds. The first-order chi connectivity index (χ1) is 7.15. The van der Waals surface area contributed by atoms with Crippen LogP contribution in [-0.4, -0.2) is 6.54 Å². The van der Waals surface area contributed by atoms with Crippen molar-refractivity contribution in [1.29, 1.82) is 0 Å². The van der Waals surface area contributed by atoms with Gasteiger partial charge in [0, 0.05) is 5.56 Å². The van der Waals surface area contributed by atoms with Gasteiger partial charge in [-0.1, -0.05) is 0 Å². The van der Waals surface area contributed by atoms with Crippen LogP contribution in [0.5, 0.6) is 0 Å². The van der Waals surface area contributed by atoms with E-state index >= 15 is 0 Å². The maximum atomic E-state index is 13.7. The Morgan fingerprint density at radius 1 is 1.33 bits per heavy atom. The predicted octanol–water partition coefficient (Wildman–Crippen LogP) is 3.18. The molecule has 1 aromatic carbocycles. The molecule has 1 fully saturated rings. The summed E-state index contributed by atoms with van der Waals surface area (Å²) >= 11 is 3.07. The van der Waals surface area contributed by atoms with Crippen molar-refractivity contribution in [1.82, 2.24) is 0 Å². The van der Waals surface area contributed by atoms with E-state index in [-0.39, 0.29) is 17.4 Å². The summed E-state index contributed by atoms with van der Waals surface area (Å²) in [6.45, 7) is 0.496. The van der Waals surface area contributed by atoms with E-state index in [1.165, 1.54) is 12.1 Å². The first-order valence-corrected chi connectivity index (χ1v) is 5.78. The molecule has 82 valence electrons. The molecule has 2 rings (SSSR count). The fourth-order valence-corrected chi connectivity index (χ4v) is 2.46. The SMILES string of the molecule is NCC1CCC1c1c(F)ccc(Br)c1F. The van der Waals surface area contributed by atoms with Crippen LogP contribution in [0.4, 0.5) is 8.78 Å².